The van der Waals surface area contributed by atoms with Gasteiger partial charge >= 0.3 is 21.1 Å². The molecular weight excluding hydrogens is 244 g/mol. The monoisotopic (exact) mass is 254 g/mol. The number of hydrogen-bond donors (Lipinski definition) is 0. The molecule has 0 aliphatic rings. The fourth-order valence-corrected chi connectivity index (χ4v) is 0.111. The molecule has 0 bridgehead atoms. The van der Waals surface area contributed by atoms with Crippen molar-refractivity contribution in [2.75, 3.05) is 0 Å². The van der Waals surface area contributed by atoms with Crippen LogP contribution >= 0.6 is 0 Å². The third kappa shape index (κ3) is 8.90. The minimum atomic E-state index is 0. The Morgan fingerprint density at radius 3 is 2.00 bits per heavy atom. The molecule has 0 heterocycles. The van der Waals surface area contributed by atoms with Crippen molar-refractivity contribution in [1.29, 1.82) is 0 Å². The zero-order valence-electron chi connectivity index (χ0n) is 3.89. The molecule has 0 saturated carbocycles. The van der Waals surface area contributed by atoms with Crippen LogP contribution < -0.4 is 0 Å². The van der Waals surface area contributed by atoms with Gasteiger partial charge in [0.05, 0.1) is 0 Å². The molecule has 0 aliphatic heterocycles. The molecule has 6 heavy (non-hydrogen) atoms. The molecule has 0 saturated heterocycles. The van der Waals surface area contributed by atoms with Crippen molar-refractivity contribution in [3.8, 4) is 0 Å². The molecule has 0 aromatic rings. The first-order valence-corrected chi connectivity index (χ1v) is 1.58. The zero-order chi connectivity index (χ0) is 4.12. The van der Waals surface area contributed by atoms with Crippen LogP contribution in [0.5, 0.6) is 0 Å². The molecule has 1 heteroatoms. The molecule has 0 unspecified atom stereocenters. The first kappa shape index (κ1) is 9.48. The molecule has 37 valence electrons. The van der Waals surface area contributed by atoms with Crippen LogP contribution in [-0.4, -0.2) is 0 Å². The van der Waals surface area contributed by atoms with E-state index < -0.39 is 0 Å². The Bertz CT molecular complexity index is 45.9. The van der Waals surface area contributed by atoms with Gasteiger partial charge < -0.3 is 0 Å². The van der Waals surface area contributed by atoms with E-state index in [0.717, 1.165) is 0 Å². The van der Waals surface area contributed by atoms with Gasteiger partial charge in [-0.2, -0.15) is 6.08 Å². The van der Waals surface area contributed by atoms with Gasteiger partial charge in [-0.1, -0.05) is 6.92 Å². The Labute approximate surface area is 53.2 Å². The van der Waals surface area contributed by atoms with E-state index in [1.165, 1.54) is 6.08 Å². The predicted molar refractivity (Wildman–Crippen MR) is 27.9 cm³/mol. The van der Waals surface area contributed by atoms with Crippen molar-refractivity contribution in [2.45, 2.75) is 6.92 Å². The first-order chi connectivity index (χ1) is 2.41. The Balaban J connectivity index is 0. The van der Waals surface area contributed by atoms with Crippen molar-refractivity contribution in [2.24, 2.45) is 0 Å². The standard InChI is InChI=1S/C5H7.W.3H/c1-3-5-4-2;;;;/h1,3-5H,2H3;;;;/q-1;;;;. The fraction of sp³-hybridized carbons (Fsp3) is 0.200. The van der Waals surface area contributed by atoms with Gasteiger partial charge in [-0.25, -0.2) is 12.2 Å². The number of rotatable bonds is 1. The van der Waals surface area contributed by atoms with Crippen LogP contribution in [0.2, 0.25) is 0 Å². The van der Waals surface area contributed by atoms with Gasteiger partial charge in [0, 0.05) is 0 Å². The topological polar surface area (TPSA) is 0 Å². The Hall–Kier alpha value is 0.168. The second-order valence-electron chi connectivity index (χ2n) is 0.718. The average molecular weight is 254 g/mol. The molecule has 0 N–H and O–H groups in total. The molecule has 0 fully saturated rings. The molecule has 0 spiro atoms. The Morgan fingerprint density at radius 2 is 2.00 bits per heavy atom. The molecule has 0 aliphatic carbocycles. The maximum absolute atomic E-state index is 4.93. The van der Waals surface area contributed by atoms with Crippen LogP contribution in [0.15, 0.2) is 18.2 Å². The normalized spacial score (nSPS) is 7.50. The molecule has 0 radical (unpaired) electrons. The third-order valence-corrected chi connectivity index (χ3v) is 0.304. The molecule has 0 aromatic carbocycles. The van der Waals surface area contributed by atoms with Gasteiger partial charge in [-0.05, 0) is 0 Å². The summed E-state index contributed by atoms with van der Waals surface area (Å²) in [4.78, 5) is 0. The summed E-state index contributed by atoms with van der Waals surface area (Å²) in [6, 6.07) is 0. The van der Waals surface area contributed by atoms with E-state index in [1.807, 2.05) is 13.0 Å². The molecular formula is C5H10W-. The molecule has 0 aromatic heterocycles. The summed E-state index contributed by atoms with van der Waals surface area (Å²) in [5, 5.41) is 0. The van der Waals surface area contributed by atoms with E-state index in [0.29, 0.717) is 0 Å². The first-order valence-electron chi connectivity index (χ1n) is 1.58. The quantitative estimate of drug-likeness (QED) is 0.478. The SMILES string of the molecule is [CH-]=CC=CC.[WH3]. The maximum atomic E-state index is 4.93. The predicted octanol–water partition coefficient (Wildman–Crippen LogP) is 0.746. The van der Waals surface area contributed by atoms with Crippen LogP contribution in [0.3, 0.4) is 0 Å². The third-order valence-electron chi connectivity index (χ3n) is 0.304. The summed E-state index contributed by atoms with van der Waals surface area (Å²) in [5.41, 5.74) is 0. The Kier molecular flexibility index (Phi) is 14.1. The van der Waals surface area contributed by atoms with E-state index >= 15 is 0 Å². The van der Waals surface area contributed by atoms with Crippen LogP contribution in [0.25, 0.3) is 0 Å². The molecule has 0 rings (SSSR count). The molecule has 0 nitrogen and oxygen atoms in total. The summed E-state index contributed by atoms with van der Waals surface area (Å²) >= 11 is 0. The average Bonchev–Trinajstić information content (AvgIpc) is 1.41. The number of allylic oxidation sites excluding steroid dienone is 3. The molecule has 0 amide bonds. The van der Waals surface area contributed by atoms with Crippen LogP contribution in [-0.2, 0) is 21.1 Å². The molecule has 0 atom stereocenters. The number of hydrogen-bond acceptors (Lipinski definition) is 0. The van der Waals surface area contributed by atoms with Gasteiger partial charge in [-0.15, -0.1) is 0 Å². The summed E-state index contributed by atoms with van der Waals surface area (Å²) in [5.74, 6) is 0. The summed E-state index contributed by atoms with van der Waals surface area (Å²) in [6.45, 7) is 6.85. The van der Waals surface area contributed by atoms with E-state index in [2.05, 4.69) is 0 Å². The summed E-state index contributed by atoms with van der Waals surface area (Å²) < 4.78 is 0. The van der Waals surface area contributed by atoms with Crippen LogP contribution in [0.4, 0.5) is 0 Å². The van der Waals surface area contributed by atoms with Crippen molar-refractivity contribution in [3.63, 3.8) is 0 Å². The second kappa shape index (κ2) is 8.95. The summed E-state index contributed by atoms with van der Waals surface area (Å²) in [7, 11) is 0. The van der Waals surface area contributed by atoms with Crippen molar-refractivity contribution in [3.05, 3.63) is 24.8 Å². The minimum absolute atomic E-state index is 0. The van der Waals surface area contributed by atoms with E-state index in [9.17, 15) is 0 Å². The van der Waals surface area contributed by atoms with Gasteiger partial charge in [-0.3, -0.25) is 6.58 Å². The second-order valence-corrected chi connectivity index (χ2v) is 0.718. The van der Waals surface area contributed by atoms with Gasteiger partial charge in [0.1, 0.15) is 0 Å². The summed E-state index contributed by atoms with van der Waals surface area (Å²) in [6.07, 6.45) is 5.15. The van der Waals surface area contributed by atoms with Crippen LogP contribution in [0.1, 0.15) is 6.92 Å². The van der Waals surface area contributed by atoms with Gasteiger partial charge in [0.2, 0.25) is 0 Å². The van der Waals surface area contributed by atoms with E-state index in [-0.39, 0.29) is 21.1 Å². The van der Waals surface area contributed by atoms with Gasteiger partial charge in [0.25, 0.3) is 0 Å². The van der Waals surface area contributed by atoms with Crippen molar-refractivity contribution < 1.29 is 21.1 Å². The van der Waals surface area contributed by atoms with Crippen LogP contribution in [0, 0.1) is 6.58 Å². The van der Waals surface area contributed by atoms with Crippen molar-refractivity contribution >= 4 is 0 Å². The fourth-order valence-electron chi connectivity index (χ4n) is 0.111. The van der Waals surface area contributed by atoms with E-state index in [4.69, 9.17) is 6.58 Å². The van der Waals surface area contributed by atoms with Crippen molar-refractivity contribution in [1.82, 2.24) is 0 Å². The van der Waals surface area contributed by atoms with Gasteiger partial charge in [0.15, 0.2) is 0 Å². The zero-order valence-corrected chi connectivity index (χ0v) is 8.04. The van der Waals surface area contributed by atoms with E-state index in [1.54, 1.807) is 6.08 Å². The Morgan fingerprint density at radius 1 is 1.50 bits per heavy atom.